The number of nitrogens with zero attached hydrogens (tertiary/aromatic N) is 2. The van der Waals surface area contributed by atoms with Crippen molar-refractivity contribution in [2.45, 2.75) is 6.54 Å². The Labute approximate surface area is 189 Å². The molecule has 0 bridgehead atoms. The molecule has 2 N–H and O–H groups in total. The van der Waals surface area contributed by atoms with Gasteiger partial charge in [0.15, 0.2) is 0 Å². The molecular formula is C24H20N4O5. The van der Waals surface area contributed by atoms with E-state index < -0.39 is 4.92 Å². The second-order valence-electron chi connectivity index (χ2n) is 7.43. The number of nitro benzene ring substituents is 1. The fourth-order valence-electron chi connectivity index (χ4n) is 3.56. The molecule has 0 spiro atoms. The van der Waals surface area contributed by atoms with Crippen LogP contribution in [-0.2, 0) is 6.54 Å². The SMILES string of the molecule is O=C(NCCNc1ccc([N+](=O)[O-])cc1)c1cccc(CN2C(=O)c3ccccc3C2=O)c1. The van der Waals surface area contributed by atoms with Gasteiger partial charge in [-0.25, -0.2) is 0 Å². The monoisotopic (exact) mass is 444 g/mol. The number of anilines is 1. The van der Waals surface area contributed by atoms with E-state index in [-0.39, 0.29) is 30.0 Å². The highest BCUT2D eigenvalue weighted by atomic mass is 16.6. The number of rotatable bonds is 8. The molecule has 3 aromatic rings. The number of nitro groups is 1. The molecule has 0 aromatic heterocycles. The van der Waals surface area contributed by atoms with Crippen molar-refractivity contribution in [1.29, 1.82) is 0 Å². The summed E-state index contributed by atoms with van der Waals surface area (Å²) in [7, 11) is 0. The summed E-state index contributed by atoms with van der Waals surface area (Å²) in [5.74, 6) is -0.977. The summed E-state index contributed by atoms with van der Waals surface area (Å²) in [6.45, 7) is 0.839. The van der Waals surface area contributed by atoms with Crippen LogP contribution in [0.25, 0.3) is 0 Å². The molecule has 3 amide bonds. The Balaban J connectivity index is 1.31. The van der Waals surface area contributed by atoms with Crippen LogP contribution in [0.3, 0.4) is 0 Å². The summed E-state index contributed by atoms with van der Waals surface area (Å²) in [5, 5.41) is 16.6. The van der Waals surface area contributed by atoms with Crippen LogP contribution in [0, 0.1) is 10.1 Å². The fourth-order valence-corrected chi connectivity index (χ4v) is 3.56. The lowest BCUT2D eigenvalue weighted by molar-refractivity contribution is -0.384. The minimum atomic E-state index is -0.466. The van der Waals surface area contributed by atoms with Gasteiger partial charge in [0.05, 0.1) is 22.6 Å². The maximum atomic E-state index is 12.6. The van der Waals surface area contributed by atoms with Gasteiger partial charge < -0.3 is 10.6 Å². The fraction of sp³-hybridized carbons (Fsp3) is 0.125. The van der Waals surface area contributed by atoms with Crippen molar-refractivity contribution in [3.8, 4) is 0 Å². The molecule has 3 aromatic carbocycles. The van der Waals surface area contributed by atoms with Crippen LogP contribution in [0.4, 0.5) is 11.4 Å². The van der Waals surface area contributed by atoms with Crippen molar-refractivity contribution in [3.05, 3.63) is 105 Å². The van der Waals surface area contributed by atoms with Crippen molar-refractivity contribution in [2.24, 2.45) is 0 Å². The first kappa shape index (κ1) is 21.7. The van der Waals surface area contributed by atoms with E-state index in [2.05, 4.69) is 10.6 Å². The largest absolute Gasteiger partial charge is 0.383 e. The molecule has 0 saturated heterocycles. The third-order valence-corrected chi connectivity index (χ3v) is 5.23. The smallest absolute Gasteiger partial charge is 0.269 e. The lowest BCUT2D eigenvalue weighted by Crippen LogP contribution is -2.30. The van der Waals surface area contributed by atoms with Crippen molar-refractivity contribution in [3.63, 3.8) is 0 Å². The molecule has 1 aliphatic rings. The van der Waals surface area contributed by atoms with E-state index in [1.54, 1.807) is 60.7 Å². The maximum Gasteiger partial charge on any atom is 0.269 e. The van der Waals surface area contributed by atoms with Crippen LogP contribution >= 0.6 is 0 Å². The van der Waals surface area contributed by atoms with Crippen LogP contribution in [0.15, 0.2) is 72.8 Å². The number of non-ortho nitro benzene ring substituents is 1. The molecule has 9 heteroatoms. The van der Waals surface area contributed by atoms with Gasteiger partial charge >= 0.3 is 0 Å². The molecule has 9 nitrogen and oxygen atoms in total. The molecule has 1 heterocycles. The summed E-state index contributed by atoms with van der Waals surface area (Å²) in [6, 6.07) is 19.5. The van der Waals surface area contributed by atoms with Gasteiger partial charge in [-0.15, -0.1) is 0 Å². The molecule has 4 rings (SSSR count). The number of nitrogens with one attached hydrogen (secondary N) is 2. The summed E-state index contributed by atoms with van der Waals surface area (Å²) in [5.41, 5.74) is 2.57. The molecule has 0 aliphatic carbocycles. The zero-order valence-corrected chi connectivity index (χ0v) is 17.5. The number of imide groups is 1. The summed E-state index contributed by atoms with van der Waals surface area (Å²) in [4.78, 5) is 49.0. The first-order valence-electron chi connectivity index (χ1n) is 10.2. The van der Waals surface area contributed by atoms with Gasteiger partial charge in [-0.3, -0.25) is 29.4 Å². The number of hydrogen-bond acceptors (Lipinski definition) is 6. The number of fused-ring (bicyclic) bond motifs is 1. The zero-order valence-electron chi connectivity index (χ0n) is 17.5. The van der Waals surface area contributed by atoms with E-state index in [4.69, 9.17) is 0 Å². The molecule has 0 atom stereocenters. The van der Waals surface area contributed by atoms with Gasteiger partial charge in [-0.05, 0) is 42.0 Å². The van der Waals surface area contributed by atoms with E-state index >= 15 is 0 Å². The Morgan fingerprint density at radius 1 is 0.879 bits per heavy atom. The molecule has 0 radical (unpaired) electrons. The molecular weight excluding hydrogens is 424 g/mol. The summed E-state index contributed by atoms with van der Waals surface area (Å²) >= 11 is 0. The van der Waals surface area contributed by atoms with E-state index in [1.165, 1.54) is 17.0 Å². The molecule has 166 valence electrons. The zero-order chi connectivity index (χ0) is 23.4. The second kappa shape index (κ2) is 9.31. The minimum Gasteiger partial charge on any atom is -0.383 e. The number of benzene rings is 3. The van der Waals surface area contributed by atoms with Crippen LogP contribution in [0.5, 0.6) is 0 Å². The van der Waals surface area contributed by atoms with Gasteiger partial charge in [-0.1, -0.05) is 24.3 Å². The van der Waals surface area contributed by atoms with Crippen molar-refractivity contribution >= 4 is 29.1 Å². The van der Waals surface area contributed by atoms with Crippen LogP contribution in [0.1, 0.15) is 36.6 Å². The Hall–Kier alpha value is -4.53. The number of carbonyl (C=O) groups is 3. The Bertz CT molecular complexity index is 1200. The van der Waals surface area contributed by atoms with Crippen molar-refractivity contribution in [1.82, 2.24) is 10.2 Å². The summed E-state index contributed by atoms with van der Waals surface area (Å²) in [6.07, 6.45) is 0. The number of amides is 3. The average molecular weight is 444 g/mol. The third-order valence-electron chi connectivity index (χ3n) is 5.23. The van der Waals surface area contributed by atoms with E-state index in [0.29, 0.717) is 41.0 Å². The van der Waals surface area contributed by atoms with E-state index in [9.17, 15) is 24.5 Å². The van der Waals surface area contributed by atoms with Crippen LogP contribution in [0.2, 0.25) is 0 Å². The van der Waals surface area contributed by atoms with Gasteiger partial charge in [0.25, 0.3) is 23.4 Å². The van der Waals surface area contributed by atoms with E-state index in [0.717, 1.165) is 0 Å². The third kappa shape index (κ3) is 4.72. The molecule has 33 heavy (non-hydrogen) atoms. The predicted molar refractivity (Wildman–Crippen MR) is 121 cm³/mol. The van der Waals surface area contributed by atoms with Crippen molar-refractivity contribution < 1.29 is 19.3 Å². The van der Waals surface area contributed by atoms with Gasteiger partial charge in [0, 0.05) is 36.5 Å². The minimum absolute atomic E-state index is 0.00921. The molecule has 0 unspecified atom stereocenters. The Kier molecular flexibility index (Phi) is 6.12. The molecule has 0 saturated carbocycles. The van der Waals surface area contributed by atoms with E-state index in [1.807, 2.05) is 0 Å². The molecule has 0 fully saturated rings. The van der Waals surface area contributed by atoms with Crippen molar-refractivity contribution in [2.75, 3.05) is 18.4 Å². The first-order chi connectivity index (χ1) is 15.9. The average Bonchev–Trinajstić information content (AvgIpc) is 3.07. The van der Waals surface area contributed by atoms with Crippen LogP contribution < -0.4 is 10.6 Å². The normalized spacial score (nSPS) is 12.4. The second-order valence-corrected chi connectivity index (χ2v) is 7.43. The Morgan fingerprint density at radius 2 is 1.55 bits per heavy atom. The van der Waals surface area contributed by atoms with Gasteiger partial charge in [-0.2, -0.15) is 0 Å². The lowest BCUT2D eigenvalue weighted by Gasteiger charge is -2.14. The number of hydrogen-bond donors (Lipinski definition) is 2. The number of carbonyl (C=O) groups excluding carboxylic acids is 3. The quantitative estimate of drug-likeness (QED) is 0.238. The predicted octanol–water partition coefficient (Wildman–Crippen LogP) is 3.23. The first-order valence-corrected chi connectivity index (χ1v) is 10.2. The lowest BCUT2D eigenvalue weighted by atomic mass is 10.1. The standard InChI is InChI=1S/C24H20N4O5/c29-22(26-13-12-25-18-8-10-19(11-9-18)28(32)33)17-5-3-4-16(14-17)15-27-23(30)20-6-1-2-7-21(20)24(27)31/h1-11,14,25H,12-13,15H2,(H,26,29). The molecule has 1 aliphatic heterocycles. The highest BCUT2D eigenvalue weighted by Crippen LogP contribution is 2.24. The summed E-state index contributed by atoms with van der Waals surface area (Å²) < 4.78 is 0. The maximum absolute atomic E-state index is 12.6. The van der Waals surface area contributed by atoms with Gasteiger partial charge in [0.1, 0.15) is 0 Å². The van der Waals surface area contributed by atoms with Crippen LogP contribution in [-0.4, -0.2) is 40.6 Å². The highest BCUT2D eigenvalue weighted by Gasteiger charge is 2.34. The van der Waals surface area contributed by atoms with Gasteiger partial charge in [0.2, 0.25) is 0 Å². The Morgan fingerprint density at radius 3 is 2.18 bits per heavy atom. The highest BCUT2D eigenvalue weighted by molar-refractivity contribution is 6.21. The topological polar surface area (TPSA) is 122 Å².